The standard InChI is InChI=1S/C9H12O/c1-7(2)6-8-4-3-5-9(8)10/h6H,1,3-5H2,2H3/b8-6-. The van der Waals surface area contributed by atoms with Crippen molar-refractivity contribution in [3.05, 3.63) is 23.8 Å². The van der Waals surface area contributed by atoms with Gasteiger partial charge in [-0.25, -0.2) is 0 Å². The number of rotatable bonds is 1. The molecule has 1 fully saturated rings. The van der Waals surface area contributed by atoms with Gasteiger partial charge >= 0.3 is 0 Å². The molecule has 0 bridgehead atoms. The van der Waals surface area contributed by atoms with Gasteiger partial charge in [0.05, 0.1) is 0 Å². The quantitative estimate of drug-likeness (QED) is 0.505. The van der Waals surface area contributed by atoms with Crippen LogP contribution in [-0.4, -0.2) is 5.78 Å². The Morgan fingerprint density at radius 1 is 1.60 bits per heavy atom. The molecule has 0 amide bonds. The molecule has 1 aliphatic rings. The van der Waals surface area contributed by atoms with Crippen LogP contribution in [0.4, 0.5) is 0 Å². The summed E-state index contributed by atoms with van der Waals surface area (Å²) in [7, 11) is 0. The lowest BCUT2D eigenvalue weighted by Gasteiger charge is -1.91. The van der Waals surface area contributed by atoms with Gasteiger partial charge in [-0.15, -0.1) is 0 Å². The van der Waals surface area contributed by atoms with E-state index in [9.17, 15) is 4.79 Å². The van der Waals surface area contributed by atoms with Crippen molar-refractivity contribution in [2.24, 2.45) is 0 Å². The van der Waals surface area contributed by atoms with Crippen molar-refractivity contribution in [2.45, 2.75) is 26.2 Å². The lowest BCUT2D eigenvalue weighted by atomic mass is 10.1. The lowest BCUT2D eigenvalue weighted by molar-refractivity contribution is -0.114. The molecule has 1 nitrogen and oxygen atoms in total. The van der Waals surface area contributed by atoms with E-state index in [2.05, 4.69) is 6.58 Å². The number of hydrogen-bond acceptors (Lipinski definition) is 1. The van der Waals surface area contributed by atoms with E-state index in [4.69, 9.17) is 0 Å². The van der Waals surface area contributed by atoms with E-state index >= 15 is 0 Å². The van der Waals surface area contributed by atoms with Crippen molar-refractivity contribution >= 4 is 5.78 Å². The Morgan fingerprint density at radius 2 is 2.30 bits per heavy atom. The maximum absolute atomic E-state index is 11.0. The molecule has 0 saturated heterocycles. The molecule has 10 heavy (non-hydrogen) atoms. The fourth-order valence-corrected chi connectivity index (χ4v) is 1.19. The normalized spacial score (nSPS) is 22.1. The van der Waals surface area contributed by atoms with Crippen molar-refractivity contribution in [2.75, 3.05) is 0 Å². The summed E-state index contributed by atoms with van der Waals surface area (Å²) in [6, 6.07) is 0. The van der Waals surface area contributed by atoms with Gasteiger partial charge in [-0.3, -0.25) is 4.79 Å². The van der Waals surface area contributed by atoms with Gasteiger partial charge in [0.25, 0.3) is 0 Å². The maximum atomic E-state index is 11.0. The Balaban J connectivity index is 2.72. The predicted molar refractivity (Wildman–Crippen MR) is 41.8 cm³/mol. The molecular formula is C9H12O. The first-order valence-corrected chi connectivity index (χ1v) is 3.59. The van der Waals surface area contributed by atoms with E-state index in [1.807, 2.05) is 13.0 Å². The highest BCUT2D eigenvalue weighted by molar-refractivity contribution is 5.97. The summed E-state index contributed by atoms with van der Waals surface area (Å²) in [6.07, 6.45) is 4.61. The number of carbonyl (C=O) groups is 1. The second kappa shape index (κ2) is 2.82. The Morgan fingerprint density at radius 3 is 2.70 bits per heavy atom. The molecule has 54 valence electrons. The molecule has 1 saturated carbocycles. The van der Waals surface area contributed by atoms with Gasteiger partial charge in [-0.05, 0) is 25.3 Å². The largest absolute Gasteiger partial charge is 0.295 e. The van der Waals surface area contributed by atoms with E-state index in [1.54, 1.807) is 0 Å². The number of hydrogen-bond donors (Lipinski definition) is 0. The minimum Gasteiger partial charge on any atom is -0.295 e. The number of carbonyl (C=O) groups excluding carboxylic acids is 1. The molecule has 0 aromatic carbocycles. The highest BCUT2D eigenvalue weighted by Gasteiger charge is 2.15. The van der Waals surface area contributed by atoms with Crippen LogP contribution < -0.4 is 0 Å². The van der Waals surface area contributed by atoms with Gasteiger partial charge < -0.3 is 0 Å². The zero-order chi connectivity index (χ0) is 7.56. The van der Waals surface area contributed by atoms with Gasteiger partial charge in [-0.1, -0.05) is 18.2 Å². The van der Waals surface area contributed by atoms with Crippen molar-refractivity contribution in [1.29, 1.82) is 0 Å². The first-order chi connectivity index (χ1) is 4.70. The highest BCUT2D eigenvalue weighted by atomic mass is 16.1. The Labute approximate surface area is 61.4 Å². The van der Waals surface area contributed by atoms with Crippen LogP contribution in [0.25, 0.3) is 0 Å². The summed E-state index contributed by atoms with van der Waals surface area (Å²) in [4.78, 5) is 11.0. The van der Waals surface area contributed by atoms with Crippen LogP contribution in [0.1, 0.15) is 26.2 Å². The lowest BCUT2D eigenvalue weighted by Crippen LogP contribution is -1.90. The van der Waals surface area contributed by atoms with Crippen LogP contribution in [0.2, 0.25) is 0 Å². The molecule has 0 heterocycles. The average Bonchev–Trinajstić information content (AvgIpc) is 2.15. The van der Waals surface area contributed by atoms with Crippen molar-refractivity contribution in [3.63, 3.8) is 0 Å². The SMILES string of the molecule is C=C(C)/C=C1/CCCC1=O. The van der Waals surface area contributed by atoms with Gasteiger partial charge in [0.2, 0.25) is 0 Å². The van der Waals surface area contributed by atoms with Gasteiger partial charge in [0.1, 0.15) is 0 Å². The maximum Gasteiger partial charge on any atom is 0.158 e. The Bertz CT molecular complexity index is 199. The molecule has 0 spiro atoms. The highest BCUT2D eigenvalue weighted by Crippen LogP contribution is 2.20. The molecule has 0 radical (unpaired) electrons. The molecule has 0 N–H and O–H groups in total. The minimum atomic E-state index is 0.308. The predicted octanol–water partition coefficient (Wildman–Crippen LogP) is 2.24. The first kappa shape index (κ1) is 7.26. The molecule has 0 aromatic rings. The van der Waals surface area contributed by atoms with Crippen LogP contribution in [0.15, 0.2) is 23.8 Å². The minimum absolute atomic E-state index is 0.308. The van der Waals surface area contributed by atoms with Crippen LogP contribution in [0.5, 0.6) is 0 Å². The monoisotopic (exact) mass is 136 g/mol. The van der Waals surface area contributed by atoms with Crippen LogP contribution in [-0.2, 0) is 4.79 Å². The molecule has 0 unspecified atom stereocenters. The Kier molecular flexibility index (Phi) is 2.05. The number of allylic oxidation sites excluding steroid dienone is 3. The summed E-state index contributed by atoms with van der Waals surface area (Å²) in [5.41, 5.74) is 1.94. The summed E-state index contributed by atoms with van der Waals surface area (Å²) >= 11 is 0. The van der Waals surface area contributed by atoms with Crippen molar-refractivity contribution in [3.8, 4) is 0 Å². The number of Topliss-reactive ketones (excluding diaryl/α,β-unsaturated/α-hetero) is 1. The van der Waals surface area contributed by atoms with E-state index in [-0.39, 0.29) is 0 Å². The zero-order valence-electron chi connectivity index (χ0n) is 6.31. The second-order valence-electron chi connectivity index (χ2n) is 2.79. The van der Waals surface area contributed by atoms with Crippen LogP contribution in [0, 0.1) is 0 Å². The van der Waals surface area contributed by atoms with E-state index in [0.717, 1.165) is 30.4 Å². The molecular weight excluding hydrogens is 124 g/mol. The summed E-state index contributed by atoms with van der Waals surface area (Å²) < 4.78 is 0. The van der Waals surface area contributed by atoms with Crippen molar-refractivity contribution < 1.29 is 4.79 Å². The first-order valence-electron chi connectivity index (χ1n) is 3.59. The summed E-state index contributed by atoms with van der Waals surface area (Å²) in [6.45, 7) is 5.64. The second-order valence-corrected chi connectivity index (χ2v) is 2.79. The van der Waals surface area contributed by atoms with Gasteiger partial charge in [0.15, 0.2) is 5.78 Å². The summed E-state index contributed by atoms with van der Waals surface area (Å²) in [5.74, 6) is 0.308. The third-order valence-electron chi connectivity index (χ3n) is 1.63. The van der Waals surface area contributed by atoms with Gasteiger partial charge in [0, 0.05) is 6.42 Å². The van der Waals surface area contributed by atoms with E-state index in [1.165, 1.54) is 0 Å². The smallest absolute Gasteiger partial charge is 0.158 e. The van der Waals surface area contributed by atoms with Crippen LogP contribution in [0.3, 0.4) is 0 Å². The van der Waals surface area contributed by atoms with E-state index in [0.29, 0.717) is 5.78 Å². The molecule has 0 atom stereocenters. The Hall–Kier alpha value is -0.850. The summed E-state index contributed by atoms with van der Waals surface area (Å²) in [5, 5.41) is 0. The molecule has 0 aromatic heterocycles. The zero-order valence-corrected chi connectivity index (χ0v) is 6.31. The van der Waals surface area contributed by atoms with Gasteiger partial charge in [-0.2, -0.15) is 0 Å². The molecule has 1 aliphatic carbocycles. The fourth-order valence-electron chi connectivity index (χ4n) is 1.19. The van der Waals surface area contributed by atoms with E-state index < -0.39 is 0 Å². The third-order valence-corrected chi connectivity index (χ3v) is 1.63. The third kappa shape index (κ3) is 1.56. The molecule has 1 rings (SSSR count). The average molecular weight is 136 g/mol. The van der Waals surface area contributed by atoms with Crippen LogP contribution >= 0.6 is 0 Å². The molecule has 1 heteroatoms. The number of ketones is 1. The van der Waals surface area contributed by atoms with Crippen molar-refractivity contribution in [1.82, 2.24) is 0 Å². The fraction of sp³-hybridized carbons (Fsp3) is 0.444. The topological polar surface area (TPSA) is 17.1 Å². The molecule has 0 aliphatic heterocycles.